The first-order chi connectivity index (χ1) is 9.06. The van der Waals surface area contributed by atoms with Crippen molar-refractivity contribution in [3.63, 3.8) is 0 Å². The molecule has 0 saturated carbocycles. The predicted octanol–water partition coefficient (Wildman–Crippen LogP) is 3.62. The smallest absolute Gasteiger partial charge is 0.133 e. The van der Waals surface area contributed by atoms with Crippen LogP contribution in [0.2, 0.25) is 0 Å². The van der Waals surface area contributed by atoms with Crippen molar-refractivity contribution in [2.45, 2.75) is 13.5 Å². The molecule has 2 aromatic rings. The molecule has 0 saturated heterocycles. The molecule has 0 bridgehead atoms. The molecule has 1 aliphatic rings. The largest absolute Gasteiger partial charge is 0.322 e. The van der Waals surface area contributed by atoms with E-state index in [1.807, 2.05) is 0 Å². The Labute approximate surface area is 109 Å². The second-order valence-corrected chi connectivity index (χ2v) is 4.67. The number of halogens is 2. The molecule has 1 heterocycles. The van der Waals surface area contributed by atoms with Crippen molar-refractivity contribution in [2.75, 3.05) is 4.90 Å². The minimum Gasteiger partial charge on any atom is -0.322 e. The second kappa shape index (κ2) is 4.16. The third kappa shape index (κ3) is 1.89. The van der Waals surface area contributed by atoms with Crippen molar-refractivity contribution in [1.29, 1.82) is 5.41 Å². The first kappa shape index (κ1) is 11.8. The zero-order valence-electron chi connectivity index (χ0n) is 10.4. The average molecular weight is 258 g/mol. The number of rotatable bonds is 1. The van der Waals surface area contributed by atoms with Gasteiger partial charge in [0.25, 0.3) is 0 Å². The molecule has 0 unspecified atom stereocenters. The van der Waals surface area contributed by atoms with Gasteiger partial charge in [0.15, 0.2) is 0 Å². The number of aryl methyl sites for hydroxylation is 1. The van der Waals surface area contributed by atoms with Gasteiger partial charge in [0, 0.05) is 11.3 Å². The number of hydrogen-bond acceptors (Lipinski definition) is 1. The lowest BCUT2D eigenvalue weighted by atomic mass is 10.1. The van der Waals surface area contributed by atoms with E-state index in [2.05, 4.69) is 0 Å². The van der Waals surface area contributed by atoms with Crippen LogP contribution in [0, 0.1) is 24.0 Å². The summed E-state index contributed by atoms with van der Waals surface area (Å²) in [6.07, 6.45) is 0. The molecule has 0 radical (unpaired) electrons. The standard InChI is InChI=1S/C15H12F2N2/c1-9-2-5-12(7-14(9)17)19-8-10-3-4-11(16)6-13(10)15(19)18/h2-7,18H,8H2,1H3. The zero-order chi connectivity index (χ0) is 13.6. The summed E-state index contributed by atoms with van der Waals surface area (Å²) in [5.74, 6) is -0.453. The molecule has 0 amide bonds. The van der Waals surface area contributed by atoms with Crippen LogP contribution in [0.3, 0.4) is 0 Å². The van der Waals surface area contributed by atoms with Crippen LogP contribution < -0.4 is 4.90 Å². The van der Waals surface area contributed by atoms with Gasteiger partial charge in [0.05, 0.1) is 6.54 Å². The van der Waals surface area contributed by atoms with E-state index in [-0.39, 0.29) is 17.5 Å². The van der Waals surface area contributed by atoms with Crippen molar-refractivity contribution in [3.8, 4) is 0 Å². The van der Waals surface area contributed by atoms with Gasteiger partial charge < -0.3 is 4.90 Å². The molecule has 0 atom stereocenters. The lowest BCUT2D eigenvalue weighted by Gasteiger charge is -2.18. The van der Waals surface area contributed by atoms with Gasteiger partial charge in [-0.1, -0.05) is 12.1 Å². The fraction of sp³-hybridized carbons (Fsp3) is 0.133. The predicted molar refractivity (Wildman–Crippen MR) is 70.5 cm³/mol. The Bertz CT molecular complexity index is 680. The highest BCUT2D eigenvalue weighted by molar-refractivity contribution is 6.11. The topological polar surface area (TPSA) is 27.1 Å². The first-order valence-electron chi connectivity index (χ1n) is 5.97. The Morgan fingerprint density at radius 3 is 2.63 bits per heavy atom. The number of hydrogen-bond donors (Lipinski definition) is 1. The Kier molecular flexibility index (Phi) is 2.59. The lowest BCUT2D eigenvalue weighted by Crippen LogP contribution is -2.23. The van der Waals surface area contributed by atoms with Gasteiger partial charge >= 0.3 is 0 Å². The van der Waals surface area contributed by atoms with Gasteiger partial charge in [0.2, 0.25) is 0 Å². The maximum atomic E-state index is 13.6. The van der Waals surface area contributed by atoms with Gasteiger partial charge in [-0.05, 0) is 42.3 Å². The minimum absolute atomic E-state index is 0.206. The van der Waals surface area contributed by atoms with E-state index < -0.39 is 0 Å². The first-order valence-corrected chi connectivity index (χ1v) is 5.97. The molecule has 0 aliphatic carbocycles. The van der Waals surface area contributed by atoms with Gasteiger partial charge in [-0.15, -0.1) is 0 Å². The summed E-state index contributed by atoms with van der Waals surface area (Å²) in [6, 6.07) is 9.26. The molecule has 2 aromatic carbocycles. The molecule has 1 aliphatic heterocycles. The van der Waals surface area contributed by atoms with Crippen LogP contribution in [0.1, 0.15) is 16.7 Å². The lowest BCUT2D eigenvalue weighted by molar-refractivity contribution is 0.618. The molecule has 2 nitrogen and oxygen atoms in total. The molecule has 0 aromatic heterocycles. The van der Waals surface area contributed by atoms with E-state index in [1.165, 1.54) is 18.2 Å². The summed E-state index contributed by atoms with van der Waals surface area (Å²) < 4.78 is 26.8. The van der Waals surface area contributed by atoms with Gasteiger partial charge in [-0.25, -0.2) is 8.78 Å². The third-order valence-electron chi connectivity index (χ3n) is 3.39. The minimum atomic E-state index is -0.361. The fourth-order valence-electron chi connectivity index (χ4n) is 2.27. The zero-order valence-corrected chi connectivity index (χ0v) is 10.4. The quantitative estimate of drug-likeness (QED) is 0.831. The van der Waals surface area contributed by atoms with Gasteiger partial charge in [-0.2, -0.15) is 0 Å². The number of nitrogens with zero attached hydrogens (tertiary/aromatic N) is 1. The Balaban J connectivity index is 2.01. The average Bonchev–Trinajstić information content (AvgIpc) is 2.70. The maximum absolute atomic E-state index is 13.6. The third-order valence-corrected chi connectivity index (χ3v) is 3.39. The highest BCUT2D eigenvalue weighted by Gasteiger charge is 2.26. The maximum Gasteiger partial charge on any atom is 0.133 e. The van der Waals surface area contributed by atoms with Crippen LogP contribution >= 0.6 is 0 Å². The Morgan fingerprint density at radius 2 is 1.89 bits per heavy atom. The molecule has 3 rings (SSSR count). The number of benzene rings is 2. The summed E-state index contributed by atoms with van der Waals surface area (Å²) in [4.78, 5) is 1.67. The summed E-state index contributed by atoms with van der Waals surface area (Å²) in [7, 11) is 0. The summed E-state index contributed by atoms with van der Waals surface area (Å²) in [6.45, 7) is 2.16. The highest BCUT2D eigenvalue weighted by Crippen LogP contribution is 2.29. The summed E-state index contributed by atoms with van der Waals surface area (Å²) in [5, 5.41) is 8.08. The Morgan fingerprint density at radius 1 is 1.11 bits per heavy atom. The van der Waals surface area contributed by atoms with E-state index in [1.54, 1.807) is 30.0 Å². The normalized spacial score (nSPS) is 13.8. The van der Waals surface area contributed by atoms with Gasteiger partial charge in [-0.3, -0.25) is 5.41 Å². The number of nitrogens with one attached hydrogen (secondary N) is 1. The van der Waals surface area contributed by atoms with E-state index in [4.69, 9.17) is 5.41 Å². The van der Waals surface area contributed by atoms with E-state index in [0.717, 1.165) is 5.56 Å². The SMILES string of the molecule is Cc1ccc(N2Cc3ccc(F)cc3C2=N)cc1F. The molecule has 0 spiro atoms. The number of anilines is 1. The van der Waals surface area contributed by atoms with Crippen LogP contribution in [-0.4, -0.2) is 5.84 Å². The molecule has 96 valence electrons. The van der Waals surface area contributed by atoms with E-state index in [0.29, 0.717) is 23.4 Å². The van der Waals surface area contributed by atoms with Gasteiger partial charge in [0.1, 0.15) is 17.5 Å². The van der Waals surface area contributed by atoms with Crippen molar-refractivity contribution >= 4 is 11.5 Å². The fourth-order valence-corrected chi connectivity index (χ4v) is 2.27. The number of amidine groups is 1. The van der Waals surface area contributed by atoms with Crippen LogP contribution in [0.4, 0.5) is 14.5 Å². The Hall–Kier alpha value is -2.23. The van der Waals surface area contributed by atoms with Crippen LogP contribution in [0.25, 0.3) is 0 Å². The summed E-state index contributed by atoms with van der Waals surface area (Å²) >= 11 is 0. The van der Waals surface area contributed by atoms with E-state index in [9.17, 15) is 8.78 Å². The van der Waals surface area contributed by atoms with Crippen LogP contribution in [0.15, 0.2) is 36.4 Å². The second-order valence-electron chi connectivity index (χ2n) is 4.67. The summed E-state index contributed by atoms with van der Waals surface area (Å²) in [5.41, 5.74) is 2.64. The molecule has 0 fully saturated rings. The van der Waals surface area contributed by atoms with Crippen LogP contribution in [0.5, 0.6) is 0 Å². The molecule has 19 heavy (non-hydrogen) atoms. The van der Waals surface area contributed by atoms with E-state index >= 15 is 0 Å². The highest BCUT2D eigenvalue weighted by atomic mass is 19.1. The molecular weight excluding hydrogens is 246 g/mol. The van der Waals surface area contributed by atoms with Crippen molar-refractivity contribution < 1.29 is 8.78 Å². The number of fused-ring (bicyclic) bond motifs is 1. The van der Waals surface area contributed by atoms with Crippen molar-refractivity contribution in [2.24, 2.45) is 0 Å². The molecule has 4 heteroatoms. The van der Waals surface area contributed by atoms with Crippen molar-refractivity contribution in [3.05, 3.63) is 64.7 Å². The van der Waals surface area contributed by atoms with Crippen LogP contribution in [-0.2, 0) is 6.54 Å². The molecular formula is C15H12F2N2. The monoisotopic (exact) mass is 258 g/mol. The van der Waals surface area contributed by atoms with Crippen molar-refractivity contribution in [1.82, 2.24) is 0 Å². The molecule has 1 N–H and O–H groups in total.